The van der Waals surface area contributed by atoms with Crippen LogP contribution in [0.15, 0.2) is 30.9 Å². The van der Waals surface area contributed by atoms with Gasteiger partial charge < -0.3 is 19.6 Å². The molecule has 0 amide bonds. The highest BCUT2D eigenvalue weighted by molar-refractivity contribution is 5.75. The van der Waals surface area contributed by atoms with Crippen molar-refractivity contribution in [2.24, 2.45) is 0 Å². The topological polar surface area (TPSA) is 93.2 Å². The first kappa shape index (κ1) is 12.4. The molecule has 102 valence electrons. The molecule has 0 spiro atoms. The molecule has 0 aliphatic heterocycles. The van der Waals surface area contributed by atoms with Crippen molar-refractivity contribution < 1.29 is 14.6 Å². The number of hydrogen-bond acceptors (Lipinski definition) is 6. The summed E-state index contributed by atoms with van der Waals surface area (Å²) in [6.07, 6.45) is 2.91. The fourth-order valence-corrected chi connectivity index (χ4v) is 1.82. The summed E-state index contributed by atoms with van der Waals surface area (Å²) in [6, 6.07) is 5.18. The Balaban J connectivity index is 2.00. The van der Waals surface area contributed by atoms with Crippen LogP contribution < -0.4 is 9.47 Å². The van der Waals surface area contributed by atoms with Crippen molar-refractivity contribution in [3.8, 4) is 17.4 Å². The van der Waals surface area contributed by atoms with Crippen molar-refractivity contribution in [2.75, 3.05) is 7.11 Å². The van der Waals surface area contributed by atoms with Crippen molar-refractivity contribution in [3.63, 3.8) is 0 Å². The number of aromatic nitrogens is 4. The van der Waals surface area contributed by atoms with E-state index < -0.39 is 0 Å². The maximum Gasteiger partial charge on any atom is 0.248 e. The van der Waals surface area contributed by atoms with E-state index >= 15 is 0 Å². The Labute approximate surface area is 114 Å². The van der Waals surface area contributed by atoms with Crippen molar-refractivity contribution in [2.45, 2.75) is 6.61 Å². The summed E-state index contributed by atoms with van der Waals surface area (Å²) < 4.78 is 11.0. The normalized spacial score (nSPS) is 10.7. The molecule has 0 saturated heterocycles. The monoisotopic (exact) mass is 272 g/mol. The SMILES string of the molecule is COc1cc(CO)ccc1Oc1ncnc2nc[nH]c12. The van der Waals surface area contributed by atoms with Crippen molar-refractivity contribution in [1.29, 1.82) is 0 Å². The van der Waals surface area contributed by atoms with E-state index in [-0.39, 0.29) is 6.61 Å². The maximum atomic E-state index is 9.12. The number of H-pyrrole nitrogens is 1. The number of fused-ring (bicyclic) bond motifs is 1. The number of aromatic amines is 1. The van der Waals surface area contributed by atoms with E-state index in [4.69, 9.17) is 14.6 Å². The van der Waals surface area contributed by atoms with E-state index in [2.05, 4.69) is 19.9 Å². The van der Waals surface area contributed by atoms with E-state index in [1.807, 2.05) is 0 Å². The number of rotatable bonds is 4. The number of aliphatic hydroxyl groups excluding tert-OH is 1. The molecule has 3 rings (SSSR count). The maximum absolute atomic E-state index is 9.12. The van der Waals surface area contributed by atoms with E-state index in [0.29, 0.717) is 28.5 Å². The standard InChI is InChI=1S/C13H12N4O3/c1-19-10-4-8(5-18)2-3-9(10)20-13-11-12(15-6-14-11)16-7-17-13/h2-4,6-7,18H,5H2,1H3,(H,14,15,16,17). The highest BCUT2D eigenvalue weighted by Gasteiger charge is 2.12. The van der Waals surface area contributed by atoms with Crippen LogP contribution in [0.4, 0.5) is 0 Å². The first-order chi connectivity index (χ1) is 9.81. The largest absolute Gasteiger partial charge is 0.493 e. The zero-order chi connectivity index (χ0) is 13.9. The molecular weight excluding hydrogens is 260 g/mol. The molecule has 3 aromatic rings. The lowest BCUT2D eigenvalue weighted by Crippen LogP contribution is -1.95. The molecule has 0 saturated carbocycles. The minimum atomic E-state index is -0.0606. The zero-order valence-corrected chi connectivity index (χ0v) is 10.7. The fourth-order valence-electron chi connectivity index (χ4n) is 1.82. The smallest absolute Gasteiger partial charge is 0.248 e. The quantitative estimate of drug-likeness (QED) is 0.750. The van der Waals surface area contributed by atoms with Gasteiger partial charge in [0.15, 0.2) is 17.1 Å². The summed E-state index contributed by atoms with van der Waals surface area (Å²) in [5.41, 5.74) is 1.88. The Hall–Kier alpha value is -2.67. The van der Waals surface area contributed by atoms with Gasteiger partial charge in [-0.3, -0.25) is 0 Å². The lowest BCUT2D eigenvalue weighted by atomic mass is 10.2. The third kappa shape index (κ3) is 2.14. The number of nitrogens with one attached hydrogen (secondary N) is 1. The van der Waals surface area contributed by atoms with Gasteiger partial charge in [-0.2, -0.15) is 4.98 Å². The van der Waals surface area contributed by atoms with Crippen LogP contribution in [0.5, 0.6) is 17.4 Å². The van der Waals surface area contributed by atoms with Gasteiger partial charge in [-0.15, -0.1) is 0 Å². The number of hydrogen-bond donors (Lipinski definition) is 2. The van der Waals surface area contributed by atoms with Crippen LogP contribution in [-0.2, 0) is 6.61 Å². The number of ether oxygens (including phenoxy) is 2. The number of imidazole rings is 1. The Bertz CT molecular complexity index is 741. The lowest BCUT2D eigenvalue weighted by molar-refractivity contribution is 0.280. The van der Waals surface area contributed by atoms with Gasteiger partial charge >= 0.3 is 0 Å². The van der Waals surface area contributed by atoms with Crippen molar-refractivity contribution in [3.05, 3.63) is 36.4 Å². The molecule has 0 aliphatic carbocycles. The number of methoxy groups -OCH3 is 1. The molecule has 0 unspecified atom stereocenters. The molecule has 0 bridgehead atoms. The lowest BCUT2D eigenvalue weighted by Gasteiger charge is -2.10. The van der Waals surface area contributed by atoms with Crippen LogP contribution in [0.25, 0.3) is 11.2 Å². The molecular formula is C13H12N4O3. The Kier molecular flexibility index (Phi) is 3.18. The second-order valence-corrected chi connectivity index (χ2v) is 4.03. The van der Waals surface area contributed by atoms with E-state index in [9.17, 15) is 0 Å². The van der Waals surface area contributed by atoms with Crippen LogP contribution in [0.2, 0.25) is 0 Å². The van der Waals surface area contributed by atoms with Gasteiger partial charge in [-0.25, -0.2) is 9.97 Å². The van der Waals surface area contributed by atoms with Crippen molar-refractivity contribution in [1.82, 2.24) is 19.9 Å². The molecule has 2 heterocycles. The first-order valence-corrected chi connectivity index (χ1v) is 5.91. The van der Waals surface area contributed by atoms with Crippen LogP contribution >= 0.6 is 0 Å². The van der Waals surface area contributed by atoms with E-state index in [0.717, 1.165) is 5.56 Å². The third-order valence-corrected chi connectivity index (χ3v) is 2.81. The average Bonchev–Trinajstić information content (AvgIpc) is 2.97. The van der Waals surface area contributed by atoms with Gasteiger partial charge in [0.25, 0.3) is 0 Å². The minimum absolute atomic E-state index is 0.0606. The fraction of sp³-hybridized carbons (Fsp3) is 0.154. The van der Waals surface area contributed by atoms with Crippen LogP contribution in [0, 0.1) is 0 Å². The van der Waals surface area contributed by atoms with E-state index in [1.54, 1.807) is 18.2 Å². The van der Waals surface area contributed by atoms with Gasteiger partial charge in [0.1, 0.15) is 11.8 Å². The summed E-state index contributed by atoms with van der Waals surface area (Å²) in [5, 5.41) is 9.12. The molecule has 0 radical (unpaired) electrons. The molecule has 0 aliphatic rings. The second kappa shape index (κ2) is 5.14. The number of benzene rings is 1. The van der Waals surface area contributed by atoms with E-state index in [1.165, 1.54) is 19.8 Å². The molecule has 7 nitrogen and oxygen atoms in total. The molecule has 2 N–H and O–H groups in total. The average molecular weight is 272 g/mol. The Morgan fingerprint density at radius 2 is 2.10 bits per heavy atom. The summed E-state index contributed by atoms with van der Waals surface area (Å²) in [7, 11) is 1.54. The molecule has 7 heteroatoms. The minimum Gasteiger partial charge on any atom is -0.493 e. The molecule has 2 aromatic heterocycles. The van der Waals surface area contributed by atoms with Crippen molar-refractivity contribution >= 4 is 11.2 Å². The number of aliphatic hydroxyl groups is 1. The molecule has 1 aromatic carbocycles. The Morgan fingerprint density at radius 3 is 2.90 bits per heavy atom. The predicted molar refractivity (Wildman–Crippen MR) is 70.7 cm³/mol. The highest BCUT2D eigenvalue weighted by atomic mass is 16.5. The molecule has 20 heavy (non-hydrogen) atoms. The predicted octanol–water partition coefficient (Wildman–Crippen LogP) is 1.65. The highest BCUT2D eigenvalue weighted by Crippen LogP contribution is 2.33. The first-order valence-electron chi connectivity index (χ1n) is 5.91. The van der Waals surface area contributed by atoms with Gasteiger partial charge in [-0.1, -0.05) is 6.07 Å². The third-order valence-electron chi connectivity index (χ3n) is 2.81. The number of nitrogens with zero attached hydrogens (tertiary/aromatic N) is 3. The summed E-state index contributed by atoms with van der Waals surface area (Å²) in [4.78, 5) is 15.1. The molecule has 0 atom stereocenters. The summed E-state index contributed by atoms with van der Waals surface area (Å²) in [5.74, 6) is 1.38. The van der Waals surface area contributed by atoms with Gasteiger partial charge in [0.2, 0.25) is 5.88 Å². The Morgan fingerprint density at radius 1 is 1.20 bits per heavy atom. The van der Waals surface area contributed by atoms with Gasteiger partial charge in [-0.05, 0) is 17.7 Å². The van der Waals surface area contributed by atoms with Crippen LogP contribution in [0.3, 0.4) is 0 Å². The van der Waals surface area contributed by atoms with Crippen LogP contribution in [0.1, 0.15) is 5.56 Å². The summed E-state index contributed by atoms with van der Waals surface area (Å²) >= 11 is 0. The zero-order valence-electron chi connectivity index (χ0n) is 10.7. The molecule has 0 fully saturated rings. The van der Waals surface area contributed by atoms with Crippen LogP contribution in [-0.4, -0.2) is 32.2 Å². The van der Waals surface area contributed by atoms with Gasteiger partial charge in [0.05, 0.1) is 20.0 Å². The summed E-state index contributed by atoms with van der Waals surface area (Å²) in [6.45, 7) is -0.0606. The second-order valence-electron chi connectivity index (χ2n) is 4.03. The van der Waals surface area contributed by atoms with Gasteiger partial charge in [0, 0.05) is 0 Å².